The maximum atomic E-state index is 11.9. The second-order valence-corrected chi connectivity index (χ2v) is 6.05. The molecule has 0 spiro atoms. The molecule has 0 N–H and O–H groups in total. The number of carbonyl (C=O) groups excluding carboxylic acids is 1. The second-order valence-electron chi connectivity index (χ2n) is 6.05. The number of aryl methyl sites for hydroxylation is 2. The normalized spacial score (nSPS) is 9.63. The number of carbonyl (C=O) groups is 1. The van der Waals surface area contributed by atoms with Crippen LogP contribution >= 0.6 is 0 Å². The minimum Gasteiger partial charge on any atom is -0.493 e. The molecule has 0 fully saturated rings. The molecule has 0 aliphatic heterocycles. The fraction of sp³-hybridized carbons (Fsp3) is 0.227. The highest BCUT2D eigenvalue weighted by molar-refractivity contribution is 5.72. The van der Waals surface area contributed by atoms with Gasteiger partial charge in [-0.1, -0.05) is 24.3 Å². The van der Waals surface area contributed by atoms with Gasteiger partial charge < -0.3 is 9.47 Å². The third-order valence-corrected chi connectivity index (χ3v) is 3.79. The van der Waals surface area contributed by atoms with E-state index in [1.807, 2.05) is 32.0 Å². The number of nitriles is 2. The maximum absolute atomic E-state index is 11.9. The van der Waals surface area contributed by atoms with E-state index < -0.39 is 0 Å². The molecule has 0 bridgehead atoms. The first-order valence-electron chi connectivity index (χ1n) is 8.54. The van der Waals surface area contributed by atoms with Crippen molar-refractivity contribution in [2.45, 2.75) is 26.7 Å². The Hall–Kier alpha value is -3.57. The maximum Gasteiger partial charge on any atom is 0.311 e. The van der Waals surface area contributed by atoms with Crippen LogP contribution < -0.4 is 9.47 Å². The van der Waals surface area contributed by atoms with Gasteiger partial charge in [0.25, 0.3) is 0 Å². The highest BCUT2D eigenvalue weighted by Crippen LogP contribution is 2.19. The zero-order valence-electron chi connectivity index (χ0n) is 15.4. The molecule has 0 aliphatic carbocycles. The zero-order chi connectivity index (χ0) is 19.6. The van der Waals surface area contributed by atoms with Crippen LogP contribution in [-0.2, 0) is 4.79 Å². The van der Waals surface area contributed by atoms with E-state index in [2.05, 4.69) is 0 Å². The van der Waals surface area contributed by atoms with Gasteiger partial charge in [0.15, 0.2) is 0 Å². The molecule has 2 aromatic carbocycles. The highest BCUT2D eigenvalue weighted by Gasteiger charge is 2.06. The van der Waals surface area contributed by atoms with Gasteiger partial charge in [0.2, 0.25) is 0 Å². The number of hydrogen-bond acceptors (Lipinski definition) is 5. The molecule has 0 saturated carbocycles. The Morgan fingerprint density at radius 2 is 1.78 bits per heavy atom. The Bertz CT molecular complexity index is 900. The van der Waals surface area contributed by atoms with Crippen molar-refractivity contribution in [2.75, 3.05) is 6.61 Å². The van der Waals surface area contributed by atoms with Gasteiger partial charge in [-0.05, 0) is 61.2 Å². The number of hydrogen-bond donors (Lipinski definition) is 0. The quantitative estimate of drug-likeness (QED) is 0.314. The Balaban J connectivity index is 1.79. The SMILES string of the molecule is Cc1ccc(C)c(OCCCC(=O)Oc2ccc(C=C(C#N)C#N)cc2)c1. The van der Waals surface area contributed by atoms with Crippen LogP contribution in [-0.4, -0.2) is 12.6 Å². The lowest BCUT2D eigenvalue weighted by molar-refractivity contribution is -0.134. The molecule has 0 unspecified atom stereocenters. The summed E-state index contributed by atoms with van der Waals surface area (Å²) in [6, 6.07) is 16.2. The average molecular weight is 360 g/mol. The highest BCUT2D eigenvalue weighted by atomic mass is 16.5. The third kappa shape index (κ3) is 6.34. The Morgan fingerprint density at radius 3 is 2.44 bits per heavy atom. The fourth-order valence-electron chi connectivity index (χ4n) is 2.33. The van der Waals surface area contributed by atoms with E-state index in [0.29, 0.717) is 24.3 Å². The third-order valence-electron chi connectivity index (χ3n) is 3.79. The van der Waals surface area contributed by atoms with E-state index >= 15 is 0 Å². The van der Waals surface area contributed by atoms with Crippen LogP contribution in [0.15, 0.2) is 48.0 Å². The van der Waals surface area contributed by atoms with E-state index in [1.165, 1.54) is 6.08 Å². The van der Waals surface area contributed by atoms with Gasteiger partial charge in [-0.3, -0.25) is 4.79 Å². The lowest BCUT2D eigenvalue weighted by Gasteiger charge is -2.10. The predicted octanol–water partition coefficient (Wildman–Crippen LogP) is 4.50. The van der Waals surface area contributed by atoms with Crippen molar-refractivity contribution < 1.29 is 14.3 Å². The van der Waals surface area contributed by atoms with Gasteiger partial charge in [0.05, 0.1) is 6.61 Å². The summed E-state index contributed by atoms with van der Waals surface area (Å²) in [5, 5.41) is 17.5. The summed E-state index contributed by atoms with van der Waals surface area (Å²) in [6.45, 7) is 4.43. The number of nitrogens with zero attached hydrogens (tertiary/aromatic N) is 2. The molecule has 0 heterocycles. The lowest BCUT2D eigenvalue weighted by Crippen LogP contribution is -2.10. The molecule has 5 heteroatoms. The Kier molecular flexibility index (Phi) is 7.16. The smallest absolute Gasteiger partial charge is 0.311 e. The van der Waals surface area contributed by atoms with E-state index in [9.17, 15) is 4.79 Å². The first-order chi connectivity index (χ1) is 13.0. The molecule has 136 valence electrons. The van der Waals surface area contributed by atoms with Crippen molar-refractivity contribution in [3.63, 3.8) is 0 Å². The van der Waals surface area contributed by atoms with E-state index in [1.54, 1.807) is 36.4 Å². The van der Waals surface area contributed by atoms with Crippen molar-refractivity contribution in [3.05, 3.63) is 64.7 Å². The van der Waals surface area contributed by atoms with E-state index in [0.717, 1.165) is 16.9 Å². The number of ether oxygens (including phenoxy) is 2. The molecule has 0 radical (unpaired) electrons. The molecule has 0 aliphatic rings. The predicted molar refractivity (Wildman–Crippen MR) is 102 cm³/mol. The summed E-state index contributed by atoms with van der Waals surface area (Å²) in [7, 11) is 0. The van der Waals surface area contributed by atoms with Crippen LogP contribution in [0.4, 0.5) is 0 Å². The molecule has 0 amide bonds. The molecule has 5 nitrogen and oxygen atoms in total. The van der Waals surface area contributed by atoms with E-state index in [-0.39, 0.29) is 18.0 Å². The van der Waals surface area contributed by atoms with Gasteiger partial charge in [-0.15, -0.1) is 0 Å². The molecular weight excluding hydrogens is 340 g/mol. The van der Waals surface area contributed by atoms with Crippen LogP contribution in [0.25, 0.3) is 6.08 Å². The molecule has 2 aromatic rings. The fourth-order valence-corrected chi connectivity index (χ4v) is 2.33. The van der Waals surface area contributed by atoms with Crippen LogP contribution in [0.1, 0.15) is 29.5 Å². The van der Waals surface area contributed by atoms with Crippen LogP contribution in [0.5, 0.6) is 11.5 Å². The molecular formula is C22H20N2O3. The minimum absolute atomic E-state index is 0.0172. The van der Waals surface area contributed by atoms with Crippen LogP contribution in [0.3, 0.4) is 0 Å². The second kappa shape index (κ2) is 9.79. The van der Waals surface area contributed by atoms with Gasteiger partial charge in [0.1, 0.15) is 29.2 Å². The zero-order valence-corrected chi connectivity index (χ0v) is 15.4. The first-order valence-corrected chi connectivity index (χ1v) is 8.54. The minimum atomic E-state index is -0.336. The Morgan fingerprint density at radius 1 is 1.07 bits per heavy atom. The van der Waals surface area contributed by atoms with Crippen LogP contribution in [0, 0.1) is 36.5 Å². The molecule has 27 heavy (non-hydrogen) atoms. The van der Waals surface area contributed by atoms with Gasteiger partial charge in [-0.2, -0.15) is 10.5 Å². The number of rotatable bonds is 7. The summed E-state index contributed by atoms with van der Waals surface area (Å²) in [5.41, 5.74) is 2.90. The van der Waals surface area contributed by atoms with E-state index in [4.69, 9.17) is 20.0 Å². The van der Waals surface area contributed by atoms with Crippen molar-refractivity contribution in [1.29, 1.82) is 10.5 Å². The van der Waals surface area contributed by atoms with Crippen molar-refractivity contribution in [1.82, 2.24) is 0 Å². The van der Waals surface area contributed by atoms with Crippen molar-refractivity contribution >= 4 is 12.0 Å². The summed E-state index contributed by atoms with van der Waals surface area (Å²) >= 11 is 0. The van der Waals surface area contributed by atoms with Crippen molar-refractivity contribution in [3.8, 4) is 23.6 Å². The summed E-state index contributed by atoms with van der Waals surface area (Å²) in [6.07, 6.45) is 2.27. The Labute approximate surface area is 159 Å². The lowest BCUT2D eigenvalue weighted by atomic mass is 10.1. The van der Waals surface area contributed by atoms with Gasteiger partial charge in [-0.25, -0.2) is 0 Å². The first kappa shape index (κ1) is 19.8. The monoisotopic (exact) mass is 360 g/mol. The van der Waals surface area contributed by atoms with Crippen molar-refractivity contribution in [2.24, 2.45) is 0 Å². The van der Waals surface area contributed by atoms with Crippen LogP contribution in [0.2, 0.25) is 0 Å². The average Bonchev–Trinajstić information content (AvgIpc) is 2.67. The van der Waals surface area contributed by atoms with Gasteiger partial charge >= 0.3 is 5.97 Å². The molecule has 0 saturated heterocycles. The van der Waals surface area contributed by atoms with Gasteiger partial charge in [0, 0.05) is 6.42 Å². The molecule has 0 aromatic heterocycles. The summed E-state index contributed by atoms with van der Waals surface area (Å²) in [5.74, 6) is 0.918. The molecule has 2 rings (SSSR count). The topological polar surface area (TPSA) is 83.1 Å². The summed E-state index contributed by atoms with van der Waals surface area (Å²) in [4.78, 5) is 11.9. The standard InChI is InChI=1S/C22H20N2O3/c1-16-5-6-17(2)21(12-16)26-11-3-4-22(25)27-20-9-7-18(8-10-20)13-19(14-23)15-24/h5-10,12-13H,3-4,11H2,1-2H3. The number of allylic oxidation sites excluding steroid dienone is 1. The number of benzene rings is 2. The largest absolute Gasteiger partial charge is 0.493 e. The number of esters is 1. The summed E-state index contributed by atoms with van der Waals surface area (Å²) < 4.78 is 11.0. The molecule has 0 atom stereocenters.